The van der Waals surface area contributed by atoms with Crippen molar-refractivity contribution in [3.63, 3.8) is 0 Å². The van der Waals surface area contributed by atoms with Gasteiger partial charge in [-0.3, -0.25) is 4.79 Å². The Balaban J connectivity index is 1.88. The molecule has 4 nitrogen and oxygen atoms in total. The van der Waals surface area contributed by atoms with Crippen LogP contribution >= 0.6 is 15.9 Å². The number of halogens is 1. The smallest absolute Gasteiger partial charge is 0.256 e. The van der Waals surface area contributed by atoms with Gasteiger partial charge in [0.1, 0.15) is 5.75 Å². The van der Waals surface area contributed by atoms with E-state index in [-0.39, 0.29) is 5.91 Å². The normalized spacial score (nSPS) is 10.9. The minimum Gasteiger partial charge on any atom is -0.497 e. The Morgan fingerprint density at radius 1 is 0.968 bits per heavy atom. The van der Waals surface area contributed by atoms with Crippen LogP contribution in [-0.2, 0) is 0 Å². The number of benzene rings is 3. The fraction of sp³-hybridized carbons (Fsp3) is 0.154. The van der Waals surface area contributed by atoms with Crippen molar-refractivity contribution in [2.75, 3.05) is 12.4 Å². The van der Waals surface area contributed by atoms with Gasteiger partial charge in [0.25, 0.3) is 5.91 Å². The van der Waals surface area contributed by atoms with Crippen LogP contribution in [0.5, 0.6) is 5.75 Å². The van der Waals surface area contributed by atoms with Crippen molar-refractivity contribution in [2.24, 2.45) is 0 Å². The Hall–Kier alpha value is -3.18. The number of pyridine rings is 1. The number of rotatable bonds is 4. The fourth-order valence-electron chi connectivity index (χ4n) is 3.82. The number of methoxy groups -OCH3 is 1. The lowest BCUT2D eigenvalue weighted by molar-refractivity contribution is 0.102. The summed E-state index contributed by atoms with van der Waals surface area (Å²) >= 11 is 3.56. The van der Waals surface area contributed by atoms with Crippen LogP contribution in [0.1, 0.15) is 27.0 Å². The van der Waals surface area contributed by atoms with E-state index in [4.69, 9.17) is 9.72 Å². The van der Waals surface area contributed by atoms with Crippen LogP contribution in [0.25, 0.3) is 22.2 Å². The van der Waals surface area contributed by atoms with Gasteiger partial charge in [-0.2, -0.15) is 0 Å². The molecule has 0 aliphatic carbocycles. The van der Waals surface area contributed by atoms with Crippen molar-refractivity contribution in [3.05, 3.63) is 87.4 Å². The lowest BCUT2D eigenvalue weighted by atomic mass is 10.0. The maximum absolute atomic E-state index is 13.4. The molecule has 0 fully saturated rings. The quantitative estimate of drug-likeness (QED) is 0.351. The first kappa shape index (κ1) is 21.1. The fourth-order valence-corrected chi connectivity index (χ4v) is 4.39. The van der Waals surface area contributed by atoms with Crippen LogP contribution in [0, 0.1) is 20.8 Å². The molecule has 0 unspecified atom stereocenters. The monoisotopic (exact) mass is 474 g/mol. The lowest BCUT2D eigenvalue weighted by Gasteiger charge is -2.14. The molecule has 0 aliphatic rings. The van der Waals surface area contributed by atoms with Gasteiger partial charge in [0.15, 0.2) is 0 Å². The number of nitrogens with one attached hydrogen (secondary N) is 1. The third-order valence-electron chi connectivity index (χ3n) is 5.16. The van der Waals surface area contributed by atoms with Crippen molar-refractivity contribution in [2.45, 2.75) is 20.8 Å². The largest absolute Gasteiger partial charge is 0.497 e. The molecule has 0 saturated heterocycles. The summed E-state index contributed by atoms with van der Waals surface area (Å²) in [6.45, 7) is 6.04. The Morgan fingerprint density at radius 3 is 2.42 bits per heavy atom. The molecular formula is C26H23BrN2O2. The molecule has 0 bridgehead atoms. The maximum atomic E-state index is 13.4. The zero-order valence-corrected chi connectivity index (χ0v) is 19.5. The lowest BCUT2D eigenvalue weighted by Crippen LogP contribution is -2.13. The second-order valence-electron chi connectivity index (χ2n) is 7.74. The molecule has 31 heavy (non-hydrogen) atoms. The second kappa shape index (κ2) is 8.52. The first-order valence-electron chi connectivity index (χ1n) is 9.99. The van der Waals surface area contributed by atoms with Crippen molar-refractivity contribution in [3.8, 4) is 17.0 Å². The highest BCUT2D eigenvalue weighted by Crippen LogP contribution is 2.31. The van der Waals surface area contributed by atoms with Gasteiger partial charge in [-0.25, -0.2) is 4.98 Å². The maximum Gasteiger partial charge on any atom is 0.256 e. The summed E-state index contributed by atoms with van der Waals surface area (Å²) in [5, 5.41) is 3.87. The first-order chi connectivity index (χ1) is 14.8. The van der Waals surface area contributed by atoms with Crippen LogP contribution in [0.15, 0.2) is 65.1 Å². The van der Waals surface area contributed by atoms with Crippen LogP contribution in [0.3, 0.4) is 0 Å². The average molecular weight is 475 g/mol. The number of nitrogens with zero attached hydrogens (tertiary/aromatic N) is 1. The van der Waals surface area contributed by atoms with Crippen molar-refractivity contribution < 1.29 is 9.53 Å². The van der Waals surface area contributed by atoms with E-state index in [1.54, 1.807) is 7.11 Å². The van der Waals surface area contributed by atoms with E-state index in [1.807, 2.05) is 75.4 Å². The summed E-state index contributed by atoms with van der Waals surface area (Å²) in [4.78, 5) is 18.3. The summed E-state index contributed by atoms with van der Waals surface area (Å²) in [6, 6.07) is 19.5. The van der Waals surface area contributed by atoms with E-state index in [1.165, 1.54) is 0 Å². The molecule has 156 valence electrons. The van der Waals surface area contributed by atoms with Gasteiger partial charge < -0.3 is 10.1 Å². The summed E-state index contributed by atoms with van der Waals surface area (Å²) in [5.41, 5.74) is 6.97. The molecule has 1 N–H and O–H groups in total. The molecule has 0 radical (unpaired) electrons. The predicted octanol–water partition coefficient (Wildman–Crippen LogP) is 6.85. The Labute approximate surface area is 190 Å². The molecule has 4 rings (SSSR count). The Bertz CT molecular complexity index is 1290. The van der Waals surface area contributed by atoms with Gasteiger partial charge in [-0.1, -0.05) is 34.1 Å². The SMILES string of the molecule is COc1cccc(-c2cc(C(=O)Nc3cc(C)cc(C)c3)c3cc(Br)cc(C)c3n2)c1. The number of anilines is 1. The third kappa shape index (κ3) is 4.47. The summed E-state index contributed by atoms with van der Waals surface area (Å²) < 4.78 is 6.28. The molecule has 4 aromatic rings. The minimum atomic E-state index is -0.168. The molecule has 1 aromatic heterocycles. The number of hydrogen-bond donors (Lipinski definition) is 1. The molecule has 0 saturated carbocycles. The molecule has 5 heteroatoms. The zero-order chi connectivity index (χ0) is 22.1. The molecule has 0 aliphatic heterocycles. The highest BCUT2D eigenvalue weighted by atomic mass is 79.9. The van der Waals surface area contributed by atoms with E-state index < -0.39 is 0 Å². The minimum absolute atomic E-state index is 0.168. The van der Waals surface area contributed by atoms with E-state index in [0.717, 1.165) is 54.8 Å². The molecule has 1 amide bonds. The van der Waals surface area contributed by atoms with Crippen molar-refractivity contribution >= 4 is 38.4 Å². The van der Waals surface area contributed by atoms with E-state index >= 15 is 0 Å². The number of aromatic nitrogens is 1. The van der Waals surface area contributed by atoms with Gasteiger partial charge in [-0.15, -0.1) is 0 Å². The number of carbonyl (C=O) groups excluding carboxylic acids is 1. The van der Waals surface area contributed by atoms with Crippen molar-refractivity contribution in [1.29, 1.82) is 0 Å². The molecule has 0 spiro atoms. The number of fused-ring (bicyclic) bond motifs is 1. The van der Waals surface area contributed by atoms with E-state index in [2.05, 4.69) is 27.3 Å². The Morgan fingerprint density at radius 2 is 1.71 bits per heavy atom. The second-order valence-corrected chi connectivity index (χ2v) is 8.65. The number of aryl methyl sites for hydroxylation is 3. The van der Waals surface area contributed by atoms with E-state index in [0.29, 0.717) is 5.56 Å². The predicted molar refractivity (Wildman–Crippen MR) is 130 cm³/mol. The number of ether oxygens (including phenoxy) is 1. The summed E-state index contributed by atoms with van der Waals surface area (Å²) in [5.74, 6) is 0.576. The molecule has 3 aromatic carbocycles. The van der Waals surface area contributed by atoms with Crippen LogP contribution < -0.4 is 10.1 Å². The Kier molecular flexibility index (Phi) is 5.79. The average Bonchev–Trinajstić information content (AvgIpc) is 2.72. The standard InChI is InChI=1S/C26H23BrN2O2/c1-15-8-16(2)10-20(9-15)28-26(30)23-14-24(18-6-5-7-21(12-18)31-4)29-25-17(3)11-19(27)13-22(23)25/h5-14H,1-4H3,(H,28,30). The molecule has 0 atom stereocenters. The first-order valence-corrected chi connectivity index (χ1v) is 10.8. The van der Waals surface area contributed by atoms with Crippen molar-refractivity contribution in [1.82, 2.24) is 4.98 Å². The molecule has 1 heterocycles. The number of amides is 1. The van der Waals surface area contributed by atoms with Gasteiger partial charge >= 0.3 is 0 Å². The highest BCUT2D eigenvalue weighted by molar-refractivity contribution is 9.10. The highest BCUT2D eigenvalue weighted by Gasteiger charge is 2.17. The molecular weight excluding hydrogens is 452 g/mol. The zero-order valence-electron chi connectivity index (χ0n) is 17.9. The summed E-state index contributed by atoms with van der Waals surface area (Å²) in [7, 11) is 1.64. The number of hydrogen-bond acceptors (Lipinski definition) is 3. The topological polar surface area (TPSA) is 51.2 Å². The van der Waals surface area contributed by atoms with Crippen LogP contribution in [-0.4, -0.2) is 18.0 Å². The van der Waals surface area contributed by atoms with E-state index in [9.17, 15) is 4.79 Å². The third-order valence-corrected chi connectivity index (χ3v) is 5.62. The number of carbonyl (C=O) groups is 1. The van der Waals surface area contributed by atoms with Gasteiger partial charge in [-0.05, 0) is 79.9 Å². The van der Waals surface area contributed by atoms with Gasteiger partial charge in [0.05, 0.1) is 23.9 Å². The van der Waals surface area contributed by atoms with Crippen LogP contribution in [0.2, 0.25) is 0 Å². The van der Waals surface area contributed by atoms with Gasteiger partial charge in [0.2, 0.25) is 0 Å². The van der Waals surface area contributed by atoms with Crippen LogP contribution in [0.4, 0.5) is 5.69 Å². The summed E-state index contributed by atoms with van der Waals surface area (Å²) in [6.07, 6.45) is 0. The van der Waals surface area contributed by atoms with Gasteiger partial charge in [0, 0.05) is 21.1 Å².